The lowest BCUT2D eigenvalue weighted by Crippen LogP contribution is -2.60. The Bertz CT molecular complexity index is 2040. The molecule has 2 aromatic carbocycles. The molecule has 1 aliphatic carbocycles. The van der Waals surface area contributed by atoms with Crippen LogP contribution in [-0.4, -0.2) is 59.6 Å². The van der Waals surface area contributed by atoms with Crippen LogP contribution in [0.25, 0.3) is 22.2 Å². The van der Waals surface area contributed by atoms with Gasteiger partial charge in [0.25, 0.3) is 5.91 Å². The van der Waals surface area contributed by atoms with Crippen molar-refractivity contribution in [2.45, 2.75) is 68.7 Å². The van der Waals surface area contributed by atoms with Crippen molar-refractivity contribution in [3.05, 3.63) is 83.4 Å². The number of nitrogens with one attached hydrogen (secondary N) is 2. The van der Waals surface area contributed by atoms with Gasteiger partial charge in [-0.25, -0.2) is 17.8 Å². The highest BCUT2D eigenvalue weighted by Gasteiger charge is 2.64. The first-order valence-corrected chi connectivity index (χ1v) is 16.9. The van der Waals surface area contributed by atoms with E-state index >= 15 is 13.2 Å². The van der Waals surface area contributed by atoms with Crippen LogP contribution in [0.3, 0.4) is 0 Å². The van der Waals surface area contributed by atoms with E-state index in [9.17, 15) is 22.7 Å². The van der Waals surface area contributed by atoms with E-state index in [1.165, 1.54) is 45.9 Å². The molecule has 2 aromatic heterocycles. The number of halogens is 4. The predicted molar refractivity (Wildman–Crippen MR) is 172 cm³/mol. The number of nitrogens with zero attached hydrogens (tertiary/aromatic N) is 2. The first kappa shape index (κ1) is 34.5. The van der Waals surface area contributed by atoms with Crippen molar-refractivity contribution in [2.75, 3.05) is 13.2 Å². The standard InChI is InChI=1S/C34H34F4N4O6S/c1-31(2,3)49(45,46)42-33(34(36,37)38)18-47-29-24(33)16-26(41-28(29)19-7-9-22(35)10-8-19)32(4,44)17-40-30(43)21-14-20-6-5-13-39-27(20)25(15-21)48-23-11-12-23/h5-10,13-16,23,42,44H,11-12,17-18H2,1-4H3,(H,40,43)/t32?,33-/m0/s1. The number of alkyl halides is 3. The molecule has 260 valence electrons. The summed E-state index contributed by atoms with van der Waals surface area (Å²) < 4.78 is 97.2. The van der Waals surface area contributed by atoms with Gasteiger partial charge in [-0.1, -0.05) is 6.07 Å². The summed E-state index contributed by atoms with van der Waals surface area (Å²) in [5, 5.41) is 14.9. The number of ether oxygens (including phenoxy) is 2. The van der Waals surface area contributed by atoms with Gasteiger partial charge < -0.3 is 19.9 Å². The molecule has 0 spiro atoms. The minimum atomic E-state index is -5.22. The van der Waals surface area contributed by atoms with Crippen molar-refractivity contribution in [1.29, 1.82) is 0 Å². The van der Waals surface area contributed by atoms with Gasteiger partial charge >= 0.3 is 6.18 Å². The van der Waals surface area contributed by atoms with Crippen molar-refractivity contribution in [2.24, 2.45) is 0 Å². The molecular formula is C34H34F4N4O6S. The minimum Gasteiger partial charge on any atom is -0.488 e. The molecule has 1 saturated carbocycles. The normalized spacial score (nSPS) is 19.2. The first-order chi connectivity index (χ1) is 22.8. The molecule has 6 rings (SSSR count). The molecule has 1 unspecified atom stereocenters. The van der Waals surface area contributed by atoms with Gasteiger partial charge in [0.2, 0.25) is 10.0 Å². The average molecular weight is 703 g/mol. The van der Waals surface area contributed by atoms with Crippen LogP contribution in [0.1, 0.15) is 62.2 Å². The molecule has 0 bridgehead atoms. The van der Waals surface area contributed by atoms with Crippen LogP contribution in [0.4, 0.5) is 17.6 Å². The number of hydrogen-bond acceptors (Lipinski definition) is 8. The molecule has 1 fully saturated rings. The van der Waals surface area contributed by atoms with Crippen LogP contribution in [-0.2, 0) is 21.2 Å². The summed E-state index contributed by atoms with van der Waals surface area (Å²) in [6.45, 7) is 3.31. The minimum absolute atomic E-state index is 0.0195. The molecule has 3 N–H and O–H groups in total. The maximum Gasteiger partial charge on any atom is 0.415 e. The van der Waals surface area contributed by atoms with Crippen LogP contribution in [0.15, 0.2) is 60.8 Å². The predicted octanol–water partition coefficient (Wildman–Crippen LogP) is 5.48. The number of fused-ring (bicyclic) bond motifs is 2. The fourth-order valence-electron chi connectivity index (χ4n) is 5.28. The molecule has 15 heteroatoms. The van der Waals surface area contributed by atoms with Crippen molar-refractivity contribution >= 4 is 26.8 Å². The third kappa shape index (κ3) is 6.54. The SMILES string of the molecule is CC(O)(CNC(=O)c1cc(OC2CC2)c2ncccc2c1)c1cc2c(c(-c3ccc(F)cc3)n1)OC[C@@]2(NS(=O)(=O)C(C)(C)C)C(F)(F)F. The summed E-state index contributed by atoms with van der Waals surface area (Å²) in [6, 6.07) is 12.2. The molecule has 1 aliphatic heterocycles. The van der Waals surface area contributed by atoms with Crippen LogP contribution in [0, 0.1) is 5.82 Å². The highest BCUT2D eigenvalue weighted by atomic mass is 32.2. The van der Waals surface area contributed by atoms with Crippen molar-refractivity contribution in [3.63, 3.8) is 0 Å². The molecule has 10 nitrogen and oxygen atoms in total. The Morgan fingerprint density at radius 1 is 1.08 bits per heavy atom. The largest absolute Gasteiger partial charge is 0.488 e. The van der Waals surface area contributed by atoms with Gasteiger partial charge in [0.15, 0.2) is 11.3 Å². The number of aromatic nitrogens is 2. The fourth-order valence-corrected chi connectivity index (χ4v) is 6.33. The molecule has 1 amide bonds. The van der Waals surface area contributed by atoms with E-state index in [0.29, 0.717) is 16.7 Å². The first-order valence-electron chi connectivity index (χ1n) is 15.4. The van der Waals surface area contributed by atoms with Crippen molar-refractivity contribution < 1.29 is 45.4 Å². The van der Waals surface area contributed by atoms with Gasteiger partial charge in [-0.05, 0) is 89.1 Å². The number of carbonyl (C=O) groups is 1. The number of rotatable bonds is 9. The number of aliphatic hydroxyl groups is 1. The summed E-state index contributed by atoms with van der Waals surface area (Å²) in [5.74, 6) is -1.21. The zero-order valence-electron chi connectivity index (χ0n) is 27.0. The van der Waals surface area contributed by atoms with Gasteiger partial charge in [0.1, 0.15) is 35.0 Å². The van der Waals surface area contributed by atoms with Gasteiger partial charge in [-0.3, -0.25) is 9.78 Å². The zero-order valence-corrected chi connectivity index (χ0v) is 27.8. The Morgan fingerprint density at radius 2 is 1.78 bits per heavy atom. The number of carbonyl (C=O) groups excluding carboxylic acids is 1. The van der Waals surface area contributed by atoms with E-state index in [1.807, 2.05) is 4.72 Å². The summed E-state index contributed by atoms with van der Waals surface area (Å²) in [7, 11) is -4.63. The second kappa shape index (κ2) is 11.9. The van der Waals surface area contributed by atoms with E-state index in [2.05, 4.69) is 15.3 Å². The molecule has 2 aliphatic rings. The van der Waals surface area contributed by atoms with Crippen LogP contribution >= 0.6 is 0 Å². The van der Waals surface area contributed by atoms with Crippen molar-refractivity contribution in [1.82, 2.24) is 20.0 Å². The quantitative estimate of drug-likeness (QED) is 0.195. The second-order valence-corrected chi connectivity index (χ2v) is 15.9. The summed E-state index contributed by atoms with van der Waals surface area (Å²) >= 11 is 0. The van der Waals surface area contributed by atoms with E-state index in [-0.39, 0.29) is 28.6 Å². The van der Waals surface area contributed by atoms with E-state index in [4.69, 9.17) is 9.47 Å². The lowest BCUT2D eigenvalue weighted by molar-refractivity contribution is -0.196. The Kier molecular flexibility index (Phi) is 8.39. The average Bonchev–Trinajstić information content (AvgIpc) is 3.77. The third-order valence-corrected chi connectivity index (χ3v) is 10.7. The van der Waals surface area contributed by atoms with E-state index < -0.39 is 68.3 Å². The molecule has 49 heavy (non-hydrogen) atoms. The smallest absolute Gasteiger partial charge is 0.415 e. The Hall–Kier alpha value is -4.34. The maximum atomic E-state index is 15.1. The third-order valence-electron chi connectivity index (χ3n) is 8.48. The lowest BCUT2D eigenvalue weighted by atomic mass is 9.88. The molecule has 0 radical (unpaired) electrons. The topological polar surface area (TPSA) is 140 Å². The number of pyridine rings is 2. The molecule has 0 saturated heterocycles. The summed E-state index contributed by atoms with van der Waals surface area (Å²) in [5.41, 5.74) is -5.63. The van der Waals surface area contributed by atoms with Gasteiger partial charge in [0.05, 0.1) is 23.1 Å². The van der Waals surface area contributed by atoms with Crippen LogP contribution in [0.5, 0.6) is 11.5 Å². The Morgan fingerprint density at radius 3 is 2.41 bits per heavy atom. The Balaban J connectivity index is 1.40. The number of benzene rings is 2. The van der Waals surface area contributed by atoms with Gasteiger partial charge in [-0.2, -0.15) is 17.9 Å². The summed E-state index contributed by atoms with van der Waals surface area (Å²) in [4.78, 5) is 22.2. The maximum absolute atomic E-state index is 15.1. The second-order valence-electron chi connectivity index (χ2n) is 13.5. The van der Waals surface area contributed by atoms with Crippen molar-refractivity contribution in [3.8, 4) is 22.8 Å². The molecule has 3 heterocycles. The van der Waals surface area contributed by atoms with Gasteiger partial charge in [-0.15, -0.1) is 0 Å². The highest BCUT2D eigenvalue weighted by molar-refractivity contribution is 7.90. The summed E-state index contributed by atoms with van der Waals surface area (Å²) in [6.07, 6.45) is -1.85. The molecular weight excluding hydrogens is 668 g/mol. The Labute approximate surface area is 279 Å². The van der Waals surface area contributed by atoms with Gasteiger partial charge in [0, 0.05) is 28.3 Å². The van der Waals surface area contributed by atoms with E-state index in [1.54, 1.807) is 24.4 Å². The van der Waals surface area contributed by atoms with E-state index in [0.717, 1.165) is 31.0 Å². The number of sulfonamides is 1. The van der Waals surface area contributed by atoms with Crippen LogP contribution < -0.4 is 19.5 Å². The van der Waals surface area contributed by atoms with Crippen LogP contribution in [0.2, 0.25) is 0 Å². The fraction of sp³-hybridized carbons (Fsp3) is 0.382. The number of hydrogen-bond donors (Lipinski definition) is 3. The lowest BCUT2D eigenvalue weighted by Gasteiger charge is -2.34. The molecule has 4 aromatic rings. The zero-order chi connectivity index (χ0) is 35.6. The monoisotopic (exact) mass is 702 g/mol. The number of amides is 1. The molecule has 2 atom stereocenters. The highest BCUT2D eigenvalue weighted by Crippen LogP contribution is 2.52.